The Kier molecular flexibility index (Phi) is 7.91. The number of alkyl halides is 2. The standard InChI is InChI=1S/C22H22F2N2O5/c1-5-29-16-9-7-8-14(20(16)31-22(23)24)10-15(11-25)19(27)17-12(3)26-13(4)18(17)21(28)30-6-2/h7-10,22,26H,5-6H2,1-4H3/b15-10+. The minimum atomic E-state index is -3.14. The molecule has 164 valence electrons. The van der Waals surface area contributed by atoms with Crippen LogP contribution in [0.5, 0.6) is 11.5 Å². The highest BCUT2D eigenvalue weighted by Gasteiger charge is 2.28. The molecule has 0 bridgehead atoms. The summed E-state index contributed by atoms with van der Waals surface area (Å²) in [6.45, 7) is 3.65. The smallest absolute Gasteiger partial charge is 0.387 e. The lowest BCUT2D eigenvalue weighted by Gasteiger charge is -2.14. The average molecular weight is 432 g/mol. The Morgan fingerprint density at radius 1 is 1.16 bits per heavy atom. The Morgan fingerprint density at radius 2 is 1.84 bits per heavy atom. The minimum Gasteiger partial charge on any atom is -0.490 e. The van der Waals surface area contributed by atoms with Gasteiger partial charge in [-0.15, -0.1) is 0 Å². The summed E-state index contributed by atoms with van der Waals surface area (Å²) >= 11 is 0. The lowest BCUT2D eigenvalue weighted by molar-refractivity contribution is -0.0515. The van der Waals surface area contributed by atoms with Gasteiger partial charge in [-0.2, -0.15) is 14.0 Å². The maximum absolute atomic E-state index is 13.1. The van der Waals surface area contributed by atoms with Crippen LogP contribution in [0.15, 0.2) is 23.8 Å². The molecule has 0 aliphatic carbocycles. The summed E-state index contributed by atoms with van der Waals surface area (Å²) < 4.78 is 40.8. The quantitative estimate of drug-likeness (QED) is 0.269. The zero-order valence-corrected chi connectivity index (χ0v) is 17.5. The molecule has 0 saturated carbocycles. The van der Waals surface area contributed by atoms with Gasteiger partial charge in [0, 0.05) is 17.0 Å². The van der Waals surface area contributed by atoms with E-state index in [4.69, 9.17) is 9.47 Å². The molecule has 0 aliphatic heterocycles. The first-order valence-electron chi connectivity index (χ1n) is 9.48. The molecule has 9 heteroatoms. The highest BCUT2D eigenvalue weighted by atomic mass is 19.3. The van der Waals surface area contributed by atoms with Crippen molar-refractivity contribution in [3.8, 4) is 17.6 Å². The molecule has 31 heavy (non-hydrogen) atoms. The van der Waals surface area contributed by atoms with Gasteiger partial charge in [-0.05, 0) is 39.8 Å². The average Bonchev–Trinajstić information content (AvgIpc) is 3.01. The summed E-state index contributed by atoms with van der Waals surface area (Å²) in [4.78, 5) is 28.4. The molecule has 0 fully saturated rings. The van der Waals surface area contributed by atoms with Gasteiger partial charge in [0.05, 0.1) is 24.3 Å². The fraction of sp³-hybridized carbons (Fsp3) is 0.318. The van der Waals surface area contributed by atoms with Gasteiger partial charge in [0.2, 0.25) is 5.78 Å². The number of aromatic amines is 1. The SMILES string of the molecule is CCOC(=O)c1c(C)[nH]c(C)c1C(=O)/C(C#N)=C/c1cccc(OCC)c1OC(F)F. The predicted molar refractivity (Wildman–Crippen MR) is 108 cm³/mol. The number of ketones is 1. The number of aryl methyl sites for hydroxylation is 2. The molecule has 0 aliphatic rings. The Bertz CT molecular complexity index is 1050. The summed E-state index contributed by atoms with van der Waals surface area (Å²) in [7, 11) is 0. The zero-order chi connectivity index (χ0) is 23.1. The van der Waals surface area contributed by atoms with Crippen molar-refractivity contribution in [1.82, 2.24) is 4.98 Å². The predicted octanol–water partition coefficient (Wildman–Crippen LogP) is 4.60. The van der Waals surface area contributed by atoms with Crippen molar-refractivity contribution in [3.63, 3.8) is 0 Å². The molecule has 7 nitrogen and oxygen atoms in total. The molecule has 1 aromatic carbocycles. The number of nitrogens with one attached hydrogen (secondary N) is 1. The maximum atomic E-state index is 13.1. The third-order valence-electron chi connectivity index (χ3n) is 4.26. The second-order valence-electron chi connectivity index (χ2n) is 6.33. The highest BCUT2D eigenvalue weighted by Crippen LogP contribution is 2.35. The summed E-state index contributed by atoms with van der Waals surface area (Å²) in [5, 5.41) is 9.61. The lowest BCUT2D eigenvalue weighted by atomic mass is 9.97. The van der Waals surface area contributed by atoms with Crippen molar-refractivity contribution < 1.29 is 32.6 Å². The van der Waals surface area contributed by atoms with Gasteiger partial charge in [0.15, 0.2) is 11.5 Å². The topological polar surface area (TPSA) is 101 Å². The third kappa shape index (κ3) is 5.28. The van der Waals surface area contributed by atoms with Crippen molar-refractivity contribution >= 4 is 17.8 Å². The number of benzene rings is 1. The summed E-state index contributed by atoms with van der Waals surface area (Å²) in [6, 6.07) is 6.14. The van der Waals surface area contributed by atoms with E-state index in [1.54, 1.807) is 33.8 Å². The molecule has 0 radical (unpaired) electrons. The number of hydrogen-bond acceptors (Lipinski definition) is 6. The third-order valence-corrected chi connectivity index (χ3v) is 4.26. The van der Waals surface area contributed by atoms with Crippen molar-refractivity contribution in [1.29, 1.82) is 5.26 Å². The summed E-state index contributed by atoms with van der Waals surface area (Å²) in [6.07, 6.45) is 1.12. The molecule has 0 spiro atoms. The number of allylic oxidation sites excluding steroid dienone is 1. The van der Waals surface area contributed by atoms with Crippen LogP contribution in [-0.4, -0.2) is 36.6 Å². The van der Waals surface area contributed by atoms with E-state index in [-0.39, 0.29) is 47.0 Å². The molecular weight excluding hydrogens is 410 g/mol. The monoisotopic (exact) mass is 432 g/mol. The van der Waals surface area contributed by atoms with E-state index in [0.717, 1.165) is 6.08 Å². The van der Waals surface area contributed by atoms with Gasteiger partial charge < -0.3 is 19.2 Å². The Hall–Kier alpha value is -3.67. The fourth-order valence-corrected chi connectivity index (χ4v) is 3.09. The summed E-state index contributed by atoms with van der Waals surface area (Å²) in [5.41, 5.74) is 0.480. The first-order valence-corrected chi connectivity index (χ1v) is 9.48. The van der Waals surface area contributed by atoms with Crippen molar-refractivity contribution in [3.05, 3.63) is 51.9 Å². The van der Waals surface area contributed by atoms with Crippen molar-refractivity contribution in [2.45, 2.75) is 34.3 Å². The number of H-pyrrole nitrogens is 1. The first-order chi connectivity index (χ1) is 14.7. The van der Waals surface area contributed by atoms with Crippen molar-refractivity contribution in [2.24, 2.45) is 0 Å². The van der Waals surface area contributed by atoms with Crippen LogP contribution in [0.2, 0.25) is 0 Å². The van der Waals surface area contributed by atoms with Crippen LogP contribution in [0.25, 0.3) is 6.08 Å². The number of aromatic nitrogens is 1. The number of carbonyl (C=O) groups excluding carboxylic acids is 2. The highest BCUT2D eigenvalue weighted by molar-refractivity contribution is 6.19. The van der Waals surface area contributed by atoms with Crippen LogP contribution >= 0.6 is 0 Å². The molecule has 2 aromatic rings. The second kappa shape index (κ2) is 10.4. The first kappa shape index (κ1) is 23.6. The maximum Gasteiger partial charge on any atom is 0.387 e. The number of carbonyl (C=O) groups is 2. The van der Waals surface area contributed by atoms with E-state index >= 15 is 0 Å². The second-order valence-corrected chi connectivity index (χ2v) is 6.33. The number of rotatable bonds is 9. The summed E-state index contributed by atoms with van der Waals surface area (Å²) in [5.74, 6) is -1.71. The van der Waals surface area contributed by atoms with Crippen LogP contribution < -0.4 is 9.47 Å². The Balaban J connectivity index is 2.61. The van der Waals surface area contributed by atoms with Gasteiger partial charge in [0.1, 0.15) is 11.6 Å². The van der Waals surface area contributed by atoms with Crippen LogP contribution in [0, 0.1) is 25.2 Å². The van der Waals surface area contributed by atoms with E-state index in [2.05, 4.69) is 9.72 Å². The molecule has 1 N–H and O–H groups in total. The van der Waals surface area contributed by atoms with E-state index < -0.39 is 18.4 Å². The molecule has 2 rings (SSSR count). The van der Waals surface area contributed by atoms with E-state index in [1.165, 1.54) is 18.2 Å². The lowest BCUT2D eigenvalue weighted by Crippen LogP contribution is -2.13. The van der Waals surface area contributed by atoms with Crippen molar-refractivity contribution in [2.75, 3.05) is 13.2 Å². The number of esters is 1. The van der Waals surface area contributed by atoms with Crippen LogP contribution in [0.4, 0.5) is 8.78 Å². The number of nitrogens with zero attached hydrogens (tertiary/aromatic N) is 1. The van der Waals surface area contributed by atoms with Gasteiger partial charge in [-0.3, -0.25) is 4.79 Å². The van der Waals surface area contributed by atoms with E-state index in [9.17, 15) is 23.6 Å². The number of para-hydroxylation sites is 1. The van der Waals surface area contributed by atoms with Gasteiger partial charge in [-0.1, -0.05) is 12.1 Å². The number of halogens is 2. The van der Waals surface area contributed by atoms with Gasteiger partial charge >= 0.3 is 12.6 Å². The molecule has 1 aromatic heterocycles. The minimum absolute atomic E-state index is 0.0129. The number of hydrogen-bond donors (Lipinski definition) is 1. The number of nitriles is 1. The van der Waals surface area contributed by atoms with Crippen LogP contribution in [0.3, 0.4) is 0 Å². The number of Topliss-reactive ketones (excluding diaryl/α,β-unsaturated/α-hetero) is 1. The zero-order valence-electron chi connectivity index (χ0n) is 17.5. The Morgan fingerprint density at radius 3 is 2.42 bits per heavy atom. The molecule has 0 atom stereocenters. The molecule has 0 amide bonds. The molecule has 0 saturated heterocycles. The largest absolute Gasteiger partial charge is 0.490 e. The molecule has 0 unspecified atom stereocenters. The van der Waals surface area contributed by atoms with Gasteiger partial charge in [-0.25, -0.2) is 4.79 Å². The van der Waals surface area contributed by atoms with Crippen LogP contribution in [0.1, 0.15) is 51.5 Å². The normalized spacial score (nSPS) is 11.2. The van der Waals surface area contributed by atoms with E-state index in [1.807, 2.05) is 0 Å². The van der Waals surface area contributed by atoms with E-state index in [0.29, 0.717) is 11.4 Å². The molecule has 1 heterocycles. The fourth-order valence-electron chi connectivity index (χ4n) is 3.09. The number of ether oxygens (including phenoxy) is 3. The van der Waals surface area contributed by atoms with Gasteiger partial charge in [0.25, 0.3) is 0 Å². The van der Waals surface area contributed by atoms with Crippen LogP contribution in [-0.2, 0) is 4.74 Å². The Labute approximate surface area is 178 Å². The molecular formula is C22H22F2N2O5.